The Hall–Kier alpha value is -2.80. The Bertz CT molecular complexity index is 1150. The molecule has 0 nitrogen and oxygen atoms in total. The first-order valence-corrected chi connectivity index (χ1v) is 10.8. The first-order chi connectivity index (χ1) is 14.9. The first-order valence-electron chi connectivity index (χ1n) is 10.8. The van der Waals surface area contributed by atoms with E-state index >= 15 is 0 Å². The van der Waals surface area contributed by atoms with Crippen molar-refractivity contribution in [3.05, 3.63) is 82.7 Å². The zero-order chi connectivity index (χ0) is 22.0. The van der Waals surface area contributed by atoms with Gasteiger partial charge in [-0.15, -0.1) is 0 Å². The molecule has 3 aromatic carbocycles. The van der Waals surface area contributed by atoms with Crippen LogP contribution < -0.4 is 0 Å². The van der Waals surface area contributed by atoms with E-state index in [1.54, 1.807) is 0 Å². The van der Waals surface area contributed by atoms with Crippen LogP contribution in [0, 0.1) is 23.6 Å². The van der Waals surface area contributed by atoms with Crippen molar-refractivity contribution in [2.24, 2.45) is 5.92 Å². The number of alkyl halides is 3. The van der Waals surface area contributed by atoms with E-state index in [4.69, 9.17) is 0 Å². The highest BCUT2D eigenvalue weighted by molar-refractivity contribution is 5.87. The van der Waals surface area contributed by atoms with E-state index in [2.05, 4.69) is 43.0 Å². The summed E-state index contributed by atoms with van der Waals surface area (Å²) < 4.78 is 52.5. The molecule has 0 spiro atoms. The number of aryl methyl sites for hydroxylation is 1. The summed E-state index contributed by atoms with van der Waals surface area (Å²) in [5, 5.41) is 2.44. The van der Waals surface area contributed by atoms with Crippen LogP contribution in [0.4, 0.5) is 17.6 Å². The summed E-state index contributed by atoms with van der Waals surface area (Å²) in [4.78, 5) is 0. The quantitative estimate of drug-likeness (QED) is 0.296. The average molecular weight is 424 g/mol. The van der Waals surface area contributed by atoms with Crippen LogP contribution in [-0.4, -0.2) is 0 Å². The molecule has 0 fully saturated rings. The molecule has 0 saturated heterocycles. The van der Waals surface area contributed by atoms with Gasteiger partial charge in [-0.1, -0.05) is 68.0 Å². The summed E-state index contributed by atoms with van der Waals surface area (Å²) in [6.45, 7) is 2.16. The number of fused-ring (bicyclic) bond motifs is 3. The number of halogens is 4. The Morgan fingerprint density at radius 3 is 2.58 bits per heavy atom. The van der Waals surface area contributed by atoms with Crippen molar-refractivity contribution in [1.29, 1.82) is 0 Å². The lowest BCUT2D eigenvalue weighted by Gasteiger charge is -2.31. The van der Waals surface area contributed by atoms with E-state index in [1.807, 2.05) is 12.1 Å². The normalized spacial score (nSPS) is 18.4. The number of unbranched alkanes of at least 4 members (excludes halogenated alkanes) is 1. The molecular weight excluding hydrogens is 400 g/mol. The molecule has 31 heavy (non-hydrogen) atoms. The van der Waals surface area contributed by atoms with Gasteiger partial charge in [-0.2, -0.15) is 13.2 Å². The van der Waals surface area contributed by atoms with Crippen LogP contribution in [-0.2, 0) is 12.6 Å². The smallest absolute Gasteiger partial charge is 0.206 e. The highest BCUT2D eigenvalue weighted by Gasteiger charge is 2.34. The maximum Gasteiger partial charge on any atom is 0.419 e. The molecule has 0 N–H and O–H groups in total. The van der Waals surface area contributed by atoms with Crippen LogP contribution in [0.3, 0.4) is 0 Å². The second kappa shape index (κ2) is 8.75. The zero-order valence-electron chi connectivity index (χ0n) is 17.4. The summed E-state index contributed by atoms with van der Waals surface area (Å²) in [7, 11) is 0. The Morgan fingerprint density at radius 1 is 1.03 bits per heavy atom. The molecule has 0 aromatic heterocycles. The molecule has 0 radical (unpaired) electrons. The van der Waals surface area contributed by atoms with Crippen LogP contribution >= 0.6 is 0 Å². The van der Waals surface area contributed by atoms with Gasteiger partial charge in [0, 0.05) is 11.5 Å². The first kappa shape index (κ1) is 21.4. The van der Waals surface area contributed by atoms with Gasteiger partial charge in [0.05, 0.1) is 5.56 Å². The molecule has 4 rings (SSSR count). The van der Waals surface area contributed by atoms with Crippen LogP contribution in [0.25, 0.3) is 10.8 Å². The van der Waals surface area contributed by atoms with Gasteiger partial charge in [0.2, 0.25) is 0 Å². The van der Waals surface area contributed by atoms with Crippen molar-refractivity contribution in [3.8, 4) is 11.8 Å². The van der Waals surface area contributed by atoms with Gasteiger partial charge in [0.15, 0.2) is 0 Å². The Morgan fingerprint density at radius 2 is 1.84 bits per heavy atom. The van der Waals surface area contributed by atoms with E-state index in [-0.39, 0.29) is 11.5 Å². The van der Waals surface area contributed by atoms with E-state index in [0.29, 0.717) is 5.92 Å². The molecule has 0 bridgehead atoms. The summed E-state index contributed by atoms with van der Waals surface area (Å²) in [5.74, 6) is 5.38. The van der Waals surface area contributed by atoms with E-state index < -0.39 is 17.6 Å². The maximum absolute atomic E-state index is 14.0. The van der Waals surface area contributed by atoms with Gasteiger partial charge in [-0.3, -0.25) is 0 Å². The molecule has 0 amide bonds. The van der Waals surface area contributed by atoms with Crippen molar-refractivity contribution >= 4 is 10.8 Å². The molecular formula is C27H24F4. The summed E-state index contributed by atoms with van der Waals surface area (Å²) in [5.41, 5.74) is 1.52. The third-order valence-electron chi connectivity index (χ3n) is 6.22. The minimum Gasteiger partial charge on any atom is -0.206 e. The van der Waals surface area contributed by atoms with Crippen molar-refractivity contribution in [2.45, 2.75) is 51.1 Å². The molecule has 0 aliphatic heterocycles. The Labute approximate surface area is 180 Å². The zero-order valence-corrected chi connectivity index (χ0v) is 17.4. The largest absolute Gasteiger partial charge is 0.419 e. The van der Waals surface area contributed by atoms with Crippen LogP contribution in [0.1, 0.15) is 60.8 Å². The molecule has 2 atom stereocenters. The van der Waals surface area contributed by atoms with Crippen molar-refractivity contribution in [3.63, 3.8) is 0 Å². The predicted molar refractivity (Wildman–Crippen MR) is 116 cm³/mol. The van der Waals surface area contributed by atoms with Crippen LogP contribution in [0.15, 0.2) is 54.6 Å². The lowest BCUT2D eigenvalue weighted by molar-refractivity contribution is -0.140. The summed E-state index contributed by atoms with van der Waals surface area (Å²) in [6.07, 6.45) is 0.597. The predicted octanol–water partition coefficient (Wildman–Crippen LogP) is 7.89. The van der Waals surface area contributed by atoms with Gasteiger partial charge in [0.1, 0.15) is 5.82 Å². The van der Waals surface area contributed by atoms with Gasteiger partial charge in [-0.25, -0.2) is 4.39 Å². The van der Waals surface area contributed by atoms with Crippen molar-refractivity contribution < 1.29 is 17.6 Å². The number of benzene rings is 3. The van der Waals surface area contributed by atoms with Crippen molar-refractivity contribution in [2.75, 3.05) is 0 Å². The fourth-order valence-electron chi connectivity index (χ4n) is 4.63. The standard InChI is InChI=1S/C27H24F4/c1-2-3-6-19-11-14-23-21-8-5-4-7-20(21)12-15-24(23)22(19)13-9-18-10-16-25(26(28)17-18)27(29,30)31/h4-5,7-8,10,12,15-17,19,22H,2-3,6,11,14H2,1H3/t19-,22+/m1/s1. The fraction of sp³-hybridized carbons (Fsp3) is 0.333. The molecule has 3 aromatic rings. The van der Waals surface area contributed by atoms with Gasteiger partial charge in [0.25, 0.3) is 0 Å². The lowest BCUT2D eigenvalue weighted by atomic mass is 9.72. The molecule has 0 unspecified atom stereocenters. The van der Waals surface area contributed by atoms with E-state index in [1.165, 1.54) is 28.0 Å². The van der Waals surface area contributed by atoms with E-state index in [0.717, 1.165) is 44.2 Å². The number of hydrogen-bond donors (Lipinski definition) is 0. The SMILES string of the molecule is CCCC[C@@H]1CCc2c(ccc3ccccc23)[C@H]1C#Cc1ccc(C(F)(F)F)c(F)c1. The maximum atomic E-state index is 14.0. The van der Waals surface area contributed by atoms with E-state index in [9.17, 15) is 17.6 Å². The molecule has 0 saturated carbocycles. The molecule has 160 valence electrons. The minimum atomic E-state index is -4.70. The van der Waals surface area contributed by atoms with Crippen LogP contribution in [0.2, 0.25) is 0 Å². The topological polar surface area (TPSA) is 0 Å². The van der Waals surface area contributed by atoms with Gasteiger partial charge < -0.3 is 0 Å². The van der Waals surface area contributed by atoms with Gasteiger partial charge in [-0.05, 0) is 65.3 Å². The summed E-state index contributed by atoms with van der Waals surface area (Å²) >= 11 is 0. The lowest BCUT2D eigenvalue weighted by Crippen LogP contribution is -2.20. The molecule has 1 aliphatic carbocycles. The van der Waals surface area contributed by atoms with Crippen LogP contribution in [0.5, 0.6) is 0 Å². The molecule has 4 heteroatoms. The second-order valence-electron chi connectivity index (χ2n) is 8.23. The Kier molecular flexibility index (Phi) is 6.05. The Balaban J connectivity index is 1.73. The van der Waals surface area contributed by atoms with Crippen molar-refractivity contribution in [1.82, 2.24) is 0 Å². The average Bonchev–Trinajstić information content (AvgIpc) is 2.75. The fourth-order valence-corrected chi connectivity index (χ4v) is 4.63. The second-order valence-corrected chi connectivity index (χ2v) is 8.23. The monoisotopic (exact) mass is 424 g/mol. The van der Waals surface area contributed by atoms with Gasteiger partial charge >= 0.3 is 6.18 Å². The third kappa shape index (κ3) is 4.46. The highest BCUT2D eigenvalue weighted by atomic mass is 19.4. The number of hydrogen-bond acceptors (Lipinski definition) is 0. The third-order valence-corrected chi connectivity index (χ3v) is 6.22. The molecule has 0 heterocycles. The number of rotatable bonds is 3. The minimum absolute atomic E-state index is 0.00902. The summed E-state index contributed by atoms with van der Waals surface area (Å²) in [6, 6.07) is 15.5. The highest BCUT2D eigenvalue weighted by Crippen LogP contribution is 2.41. The molecule has 1 aliphatic rings.